The van der Waals surface area contributed by atoms with E-state index in [-0.39, 0.29) is 15.5 Å². The molecule has 0 aliphatic rings. The van der Waals surface area contributed by atoms with E-state index in [1.54, 1.807) is 12.1 Å². The molecule has 1 atom stereocenters. The first-order valence-corrected chi connectivity index (χ1v) is 9.58. The molecule has 0 aliphatic heterocycles. The fourth-order valence-corrected chi connectivity index (χ4v) is 4.39. The second-order valence-electron chi connectivity index (χ2n) is 4.78. The van der Waals surface area contributed by atoms with Crippen molar-refractivity contribution < 1.29 is 27.5 Å². The third-order valence-corrected chi connectivity index (χ3v) is 6.11. The van der Waals surface area contributed by atoms with Gasteiger partial charge in [-0.1, -0.05) is 23.7 Å². The van der Waals surface area contributed by atoms with Crippen LogP contribution in [0.15, 0.2) is 40.6 Å². The highest BCUT2D eigenvalue weighted by Crippen LogP contribution is 2.28. The highest BCUT2D eigenvalue weighted by Gasteiger charge is 2.24. The van der Waals surface area contributed by atoms with Gasteiger partial charge in [-0.05, 0) is 31.2 Å². The maximum Gasteiger partial charge on any atom is 0.346 e. The van der Waals surface area contributed by atoms with Gasteiger partial charge in [-0.2, -0.15) is 0 Å². The third kappa shape index (κ3) is 4.71. The summed E-state index contributed by atoms with van der Waals surface area (Å²) in [5, 5.41) is 0. The normalized spacial score (nSPS) is 12.3. The molecule has 7 nitrogen and oxygen atoms in total. The zero-order valence-corrected chi connectivity index (χ0v) is 15.6. The number of carbonyl (C=O) groups excluding carboxylic acids is 2. The van der Waals surface area contributed by atoms with Gasteiger partial charge in [0.15, 0.2) is 6.10 Å². The largest absolute Gasteiger partial charge is 0.466 e. The summed E-state index contributed by atoms with van der Waals surface area (Å²) in [5.41, 5.74) is -0.0152. The van der Waals surface area contributed by atoms with Crippen LogP contribution in [0.4, 0.5) is 5.69 Å². The second kappa shape index (κ2) is 7.85. The monoisotopic (exact) mass is 403 g/mol. The van der Waals surface area contributed by atoms with Crippen LogP contribution in [0.25, 0.3) is 0 Å². The van der Waals surface area contributed by atoms with E-state index in [1.807, 2.05) is 0 Å². The van der Waals surface area contributed by atoms with Crippen LogP contribution in [-0.2, 0) is 24.3 Å². The standard InChI is InChI=1S/C15H14ClNO6S2/c1-9(14(18)22-2)23-15(19)10-5-3-4-6-11(10)17-25(20,21)13-8-7-12(16)24-13/h3-9,17H,1-2H3/t9-/m0/s1. The minimum atomic E-state index is -3.91. The van der Waals surface area contributed by atoms with Gasteiger partial charge in [0.05, 0.1) is 22.7 Å². The predicted octanol–water partition coefficient (Wildman–Crippen LogP) is 2.92. The van der Waals surface area contributed by atoms with Crippen molar-refractivity contribution in [3.05, 3.63) is 46.3 Å². The van der Waals surface area contributed by atoms with Crippen LogP contribution in [0.3, 0.4) is 0 Å². The first kappa shape index (κ1) is 19.2. The Bertz CT molecular complexity index is 893. The van der Waals surface area contributed by atoms with E-state index in [9.17, 15) is 18.0 Å². The van der Waals surface area contributed by atoms with Crippen molar-refractivity contribution >= 4 is 50.6 Å². The SMILES string of the molecule is COC(=O)[C@H](C)OC(=O)c1ccccc1NS(=O)(=O)c1ccc(Cl)s1. The Morgan fingerprint density at radius 2 is 1.88 bits per heavy atom. The number of rotatable bonds is 6. The molecule has 2 rings (SSSR count). The zero-order valence-electron chi connectivity index (χ0n) is 13.2. The quantitative estimate of drug-likeness (QED) is 0.744. The number of hydrogen-bond donors (Lipinski definition) is 1. The van der Waals surface area contributed by atoms with E-state index < -0.39 is 28.1 Å². The van der Waals surface area contributed by atoms with Crippen LogP contribution < -0.4 is 4.72 Å². The number of thiophene rings is 1. The van der Waals surface area contributed by atoms with Crippen LogP contribution in [0.2, 0.25) is 4.34 Å². The molecule has 0 amide bonds. The Hall–Kier alpha value is -2.10. The number of methoxy groups -OCH3 is 1. The molecule has 0 saturated carbocycles. The van der Waals surface area contributed by atoms with Gasteiger partial charge < -0.3 is 9.47 Å². The fraction of sp³-hybridized carbons (Fsp3) is 0.200. The molecule has 1 N–H and O–H groups in total. The van der Waals surface area contributed by atoms with Crippen LogP contribution in [0, 0.1) is 0 Å². The molecule has 0 radical (unpaired) electrons. The number of nitrogens with one attached hydrogen (secondary N) is 1. The molecule has 0 fully saturated rings. The summed E-state index contributed by atoms with van der Waals surface area (Å²) in [4.78, 5) is 23.6. The summed E-state index contributed by atoms with van der Waals surface area (Å²) in [6.45, 7) is 1.35. The summed E-state index contributed by atoms with van der Waals surface area (Å²) in [7, 11) is -2.75. The lowest BCUT2D eigenvalue weighted by Crippen LogP contribution is -2.26. The molecule has 2 aromatic rings. The lowest BCUT2D eigenvalue weighted by atomic mass is 10.2. The number of halogens is 1. The number of esters is 2. The van der Waals surface area contributed by atoms with Gasteiger partial charge in [-0.25, -0.2) is 18.0 Å². The first-order valence-electron chi connectivity index (χ1n) is 6.90. The molecule has 0 saturated heterocycles. The summed E-state index contributed by atoms with van der Waals surface area (Å²) in [6, 6.07) is 8.70. The van der Waals surface area contributed by atoms with Gasteiger partial charge in [0.2, 0.25) is 0 Å². The summed E-state index contributed by atoms with van der Waals surface area (Å²) >= 11 is 6.64. The minimum absolute atomic E-state index is 0.00333. The number of hydrogen-bond acceptors (Lipinski definition) is 7. The number of carbonyl (C=O) groups is 2. The van der Waals surface area contributed by atoms with Gasteiger partial charge in [-0.3, -0.25) is 4.72 Å². The van der Waals surface area contributed by atoms with Gasteiger partial charge in [0.25, 0.3) is 10.0 Å². The van der Waals surface area contributed by atoms with Gasteiger partial charge >= 0.3 is 11.9 Å². The lowest BCUT2D eigenvalue weighted by molar-refractivity contribution is -0.149. The first-order chi connectivity index (χ1) is 11.7. The molecule has 1 aromatic carbocycles. The molecule has 134 valence electrons. The molecular weight excluding hydrogens is 390 g/mol. The summed E-state index contributed by atoms with van der Waals surface area (Å²) < 4.78 is 36.9. The number of sulfonamides is 1. The number of ether oxygens (including phenoxy) is 2. The van der Waals surface area contributed by atoms with Crippen molar-refractivity contribution in [2.24, 2.45) is 0 Å². The molecule has 0 spiro atoms. The molecule has 1 aromatic heterocycles. The lowest BCUT2D eigenvalue weighted by Gasteiger charge is -2.14. The van der Waals surface area contributed by atoms with Crippen molar-refractivity contribution in [1.82, 2.24) is 0 Å². The van der Waals surface area contributed by atoms with E-state index in [0.29, 0.717) is 4.34 Å². The molecule has 0 bridgehead atoms. The van der Waals surface area contributed by atoms with Crippen molar-refractivity contribution in [2.45, 2.75) is 17.2 Å². The van der Waals surface area contributed by atoms with Crippen molar-refractivity contribution in [1.29, 1.82) is 0 Å². The smallest absolute Gasteiger partial charge is 0.346 e. The predicted molar refractivity (Wildman–Crippen MR) is 93.5 cm³/mol. The average Bonchev–Trinajstić information content (AvgIpc) is 3.01. The van der Waals surface area contributed by atoms with Crippen LogP contribution in [-0.4, -0.2) is 33.6 Å². The van der Waals surface area contributed by atoms with E-state index in [0.717, 1.165) is 11.3 Å². The molecule has 0 aliphatic carbocycles. The Kier molecular flexibility index (Phi) is 6.04. The van der Waals surface area contributed by atoms with E-state index in [4.69, 9.17) is 16.3 Å². The Morgan fingerprint density at radius 3 is 2.48 bits per heavy atom. The molecule has 10 heteroatoms. The van der Waals surface area contributed by atoms with Gasteiger partial charge in [-0.15, -0.1) is 11.3 Å². The second-order valence-corrected chi connectivity index (χ2v) is 8.40. The molecule has 25 heavy (non-hydrogen) atoms. The van der Waals surface area contributed by atoms with E-state index in [2.05, 4.69) is 9.46 Å². The molecule has 0 unspecified atom stereocenters. The minimum Gasteiger partial charge on any atom is -0.466 e. The summed E-state index contributed by atoms with van der Waals surface area (Å²) in [6.07, 6.45) is -1.13. The Morgan fingerprint density at radius 1 is 1.20 bits per heavy atom. The zero-order chi connectivity index (χ0) is 18.6. The van der Waals surface area contributed by atoms with E-state index >= 15 is 0 Å². The van der Waals surface area contributed by atoms with E-state index in [1.165, 1.54) is 38.3 Å². The molecular formula is C15H14ClNO6S2. The maximum absolute atomic E-state index is 12.4. The highest BCUT2D eigenvalue weighted by atomic mass is 35.5. The van der Waals surface area contributed by atoms with Gasteiger partial charge in [0, 0.05) is 0 Å². The fourth-order valence-electron chi connectivity index (χ4n) is 1.83. The van der Waals surface area contributed by atoms with Crippen LogP contribution in [0.5, 0.6) is 0 Å². The van der Waals surface area contributed by atoms with Crippen molar-refractivity contribution in [3.8, 4) is 0 Å². The average molecular weight is 404 g/mol. The van der Waals surface area contributed by atoms with Crippen molar-refractivity contribution in [2.75, 3.05) is 11.8 Å². The summed E-state index contributed by atoms with van der Waals surface area (Å²) in [5.74, 6) is -1.58. The maximum atomic E-state index is 12.4. The van der Waals surface area contributed by atoms with Crippen molar-refractivity contribution in [3.63, 3.8) is 0 Å². The third-order valence-electron chi connectivity index (χ3n) is 3.02. The van der Waals surface area contributed by atoms with Crippen LogP contribution >= 0.6 is 22.9 Å². The van der Waals surface area contributed by atoms with Gasteiger partial charge in [0.1, 0.15) is 4.21 Å². The van der Waals surface area contributed by atoms with Crippen LogP contribution in [0.1, 0.15) is 17.3 Å². The Balaban J connectivity index is 2.26. The molecule has 1 heterocycles. The Labute approximate surface area is 153 Å². The number of benzene rings is 1. The number of para-hydroxylation sites is 1. The topological polar surface area (TPSA) is 98.8 Å². The number of anilines is 1. The highest BCUT2D eigenvalue weighted by molar-refractivity contribution is 7.94.